The van der Waals surface area contributed by atoms with E-state index >= 15 is 0 Å². The SMILES string of the molecule is CCCN1C(=O)NC(c2cccc(NC(=O)Nc3ccccc3CC)c2)C(C(=O)OCC)=C1c1ccccc1. The van der Waals surface area contributed by atoms with Gasteiger partial charge in [0.05, 0.1) is 23.9 Å². The van der Waals surface area contributed by atoms with Gasteiger partial charge >= 0.3 is 18.0 Å². The Balaban J connectivity index is 1.72. The summed E-state index contributed by atoms with van der Waals surface area (Å²) >= 11 is 0. The van der Waals surface area contributed by atoms with Crippen LogP contribution in [0, 0.1) is 0 Å². The normalized spacial score (nSPS) is 15.0. The van der Waals surface area contributed by atoms with E-state index in [1.807, 2.05) is 74.5 Å². The highest BCUT2D eigenvalue weighted by Gasteiger charge is 2.38. The molecule has 3 aromatic rings. The van der Waals surface area contributed by atoms with Crippen LogP contribution in [0.15, 0.2) is 84.4 Å². The molecular formula is C31H34N4O4. The van der Waals surface area contributed by atoms with Crippen LogP contribution < -0.4 is 16.0 Å². The lowest BCUT2D eigenvalue weighted by molar-refractivity contribution is -0.138. The number of hydrogen-bond donors (Lipinski definition) is 3. The van der Waals surface area contributed by atoms with E-state index in [-0.39, 0.29) is 18.7 Å². The number of carbonyl (C=O) groups is 3. The van der Waals surface area contributed by atoms with Gasteiger partial charge in [-0.3, -0.25) is 4.90 Å². The lowest BCUT2D eigenvalue weighted by atomic mass is 9.91. The van der Waals surface area contributed by atoms with Crippen LogP contribution in [0.1, 0.15) is 49.9 Å². The molecule has 8 nitrogen and oxygen atoms in total. The van der Waals surface area contributed by atoms with E-state index in [0.717, 1.165) is 23.2 Å². The minimum absolute atomic E-state index is 0.194. The standard InChI is InChI=1S/C31H34N4O4/c1-4-19-35-28(22-14-8-7-9-15-22)26(29(36)39-6-3)27(34-31(35)38)23-16-12-17-24(20-23)32-30(37)33-25-18-11-10-13-21(25)5-2/h7-18,20,27H,4-6,19H2,1-3H3,(H,34,38)(H2,32,33,37). The molecule has 0 fully saturated rings. The molecule has 202 valence electrons. The Morgan fingerprint density at radius 3 is 2.38 bits per heavy atom. The fourth-order valence-corrected chi connectivity index (χ4v) is 4.71. The number of carbonyl (C=O) groups excluding carboxylic acids is 3. The maximum atomic E-state index is 13.4. The van der Waals surface area contributed by atoms with Crippen LogP contribution in [-0.2, 0) is 16.0 Å². The van der Waals surface area contributed by atoms with Gasteiger partial charge in [0.1, 0.15) is 0 Å². The molecule has 0 radical (unpaired) electrons. The van der Waals surface area contributed by atoms with Gasteiger partial charge in [-0.05, 0) is 54.7 Å². The van der Waals surface area contributed by atoms with Crippen molar-refractivity contribution >= 4 is 35.1 Å². The van der Waals surface area contributed by atoms with Gasteiger partial charge in [-0.25, -0.2) is 14.4 Å². The topological polar surface area (TPSA) is 99.8 Å². The first kappa shape index (κ1) is 27.4. The number of nitrogens with zero attached hydrogens (tertiary/aromatic N) is 1. The van der Waals surface area contributed by atoms with Crippen LogP contribution in [0.2, 0.25) is 0 Å². The number of hydrogen-bond acceptors (Lipinski definition) is 4. The number of urea groups is 2. The molecule has 1 unspecified atom stereocenters. The van der Waals surface area contributed by atoms with Crippen LogP contribution in [0.25, 0.3) is 5.70 Å². The van der Waals surface area contributed by atoms with Gasteiger partial charge in [0.15, 0.2) is 0 Å². The summed E-state index contributed by atoms with van der Waals surface area (Å²) in [5, 5.41) is 8.76. The number of para-hydroxylation sites is 1. The molecule has 0 aliphatic carbocycles. The third kappa shape index (κ3) is 6.29. The number of benzene rings is 3. The van der Waals surface area contributed by atoms with Gasteiger partial charge in [0.2, 0.25) is 0 Å². The molecule has 1 heterocycles. The molecule has 3 N–H and O–H groups in total. The predicted molar refractivity (Wildman–Crippen MR) is 153 cm³/mol. The van der Waals surface area contributed by atoms with Gasteiger partial charge in [-0.1, -0.05) is 74.5 Å². The van der Waals surface area contributed by atoms with Crippen LogP contribution >= 0.6 is 0 Å². The lowest BCUT2D eigenvalue weighted by Crippen LogP contribution is -2.48. The zero-order chi connectivity index (χ0) is 27.8. The fraction of sp³-hybridized carbons (Fsp3) is 0.258. The monoisotopic (exact) mass is 526 g/mol. The largest absolute Gasteiger partial charge is 0.463 e. The van der Waals surface area contributed by atoms with Crippen molar-refractivity contribution in [3.63, 3.8) is 0 Å². The molecule has 0 saturated carbocycles. The summed E-state index contributed by atoms with van der Waals surface area (Å²) in [5.41, 5.74) is 4.55. The molecule has 0 saturated heterocycles. The van der Waals surface area contributed by atoms with Crippen molar-refractivity contribution in [1.29, 1.82) is 0 Å². The molecule has 4 amide bonds. The van der Waals surface area contributed by atoms with E-state index in [0.29, 0.717) is 35.5 Å². The molecule has 1 aliphatic heterocycles. The summed E-state index contributed by atoms with van der Waals surface area (Å²) in [4.78, 5) is 41.2. The van der Waals surface area contributed by atoms with Gasteiger partial charge in [-0.2, -0.15) is 0 Å². The van der Waals surface area contributed by atoms with Crippen molar-refractivity contribution in [3.8, 4) is 0 Å². The van der Waals surface area contributed by atoms with Crippen LogP contribution in [0.4, 0.5) is 21.0 Å². The number of ether oxygens (including phenoxy) is 1. The van der Waals surface area contributed by atoms with E-state index in [2.05, 4.69) is 16.0 Å². The van der Waals surface area contributed by atoms with E-state index in [1.54, 1.807) is 30.0 Å². The Bertz CT molecular complexity index is 1370. The summed E-state index contributed by atoms with van der Waals surface area (Å²) in [6.45, 7) is 6.39. The molecule has 0 bridgehead atoms. The molecule has 39 heavy (non-hydrogen) atoms. The average Bonchev–Trinajstić information content (AvgIpc) is 2.94. The average molecular weight is 527 g/mol. The Hall–Kier alpha value is -4.59. The first-order valence-electron chi connectivity index (χ1n) is 13.3. The third-order valence-electron chi connectivity index (χ3n) is 6.44. The molecule has 0 spiro atoms. The number of amides is 4. The lowest BCUT2D eigenvalue weighted by Gasteiger charge is -2.37. The Morgan fingerprint density at radius 2 is 1.67 bits per heavy atom. The van der Waals surface area contributed by atoms with Crippen LogP contribution in [0.3, 0.4) is 0 Å². The maximum absolute atomic E-state index is 13.4. The molecule has 4 rings (SSSR count). The highest BCUT2D eigenvalue weighted by Crippen LogP contribution is 2.37. The van der Waals surface area contributed by atoms with Gasteiger partial charge in [0, 0.05) is 17.9 Å². The Labute approximate surface area is 229 Å². The second-order valence-corrected chi connectivity index (χ2v) is 9.10. The maximum Gasteiger partial charge on any atom is 0.338 e. The summed E-state index contributed by atoms with van der Waals surface area (Å²) in [6.07, 6.45) is 1.50. The van der Waals surface area contributed by atoms with Crippen molar-refractivity contribution in [3.05, 3.63) is 101 Å². The first-order valence-corrected chi connectivity index (χ1v) is 13.3. The van der Waals surface area contributed by atoms with Crippen molar-refractivity contribution < 1.29 is 19.1 Å². The van der Waals surface area contributed by atoms with Crippen molar-refractivity contribution in [1.82, 2.24) is 10.2 Å². The van der Waals surface area contributed by atoms with Crippen molar-refractivity contribution in [2.45, 2.75) is 39.7 Å². The molecule has 3 aromatic carbocycles. The van der Waals surface area contributed by atoms with E-state index in [9.17, 15) is 14.4 Å². The summed E-state index contributed by atoms with van der Waals surface area (Å²) in [5.74, 6) is -0.505. The molecule has 1 atom stereocenters. The van der Waals surface area contributed by atoms with Gasteiger partial charge in [0.25, 0.3) is 0 Å². The summed E-state index contributed by atoms with van der Waals surface area (Å²) in [7, 11) is 0. The van der Waals surface area contributed by atoms with E-state index in [4.69, 9.17) is 4.74 Å². The molecule has 8 heteroatoms. The quantitative estimate of drug-likeness (QED) is 0.283. The van der Waals surface area contributed by atoms with Gasteiger partial charge < -0.3 is 20.7 Å². The number of esters is 1. The highest BCUT2D eigenvalue weighted by molar-refractivity contribution is 6.05. The second-order valence-electron chi connectivity index (χ2n) is 9.10. The number of nitrogens with one attached hydrogen (secondary N) is 3. The van der Waals surface area contributed by atoms with Crippen molar-refractivity contribution in [2.24, 2.45) is 0 Å². The first-order chi connectivity index (χ1) is 19.0. The number of anilines is 2. The summed E-state index contributed by atoms with van der Waals surface area (Å²) < 4.78 is 5.48. The van der Waals surface area contributed by atoms with Crippen LogP contribution in [-0.4, -0.2) is 36.1 Å². The van der Waals surface area contributed by atoms with Crippen LogP contribution in [0.5, 0.6) is 0 Å². The molecule has 0 aromatic heterocycles. The third-order valence-corrected chi connectivity index (χ3v) is 6.44. The predicted octanol–water partition coefficient (Wildman–Crippen LogP) is 6.34. The van der Waals surface area contributed by atoms with E-state index < -0.39 is 12.0 Å². The Morgan fingerprint density at radius 1 is 0.923 bits per heavy atom. The second kappa shape index (κ2) is 12.8. The molecule has 1 aliphatic rings. The Kier molecular flexibility index (Phi) is 8.99. The van der Waals surface area contributed by atoms with E-state index in [1.165, 1.54) is 0 Å². The molecular weight excluding hydrogens is 492 g/mol. The minimum Gasteiger partial charge on any atom is -0.463 e. The fourth-order valence-electron chi connectivity index (χ4n) is 4.71. The summed E-state index contributed by atoms with van der Waals surface area (Å²) in [6, 6.07) is 22.7. The van der Waals surface area contributed by atoms with Gasteiger partial charge in [-0.15, -0.1) is 0 Å². The smallest absolute Gasteiger partial charge is 0.338 e. The zero-order valence-electron chi connectivity index (χ0n) is 22.5. The highest BCUT2D eigenvalue weighted by atomic mass is 16.5. The van der Waals surface area contributed by atoms with Crippen molar-refractivity contribution in [2.75, 3.05) is 23.8 Å². The number of aryl methyl sites for hydroxylation is 1. The number of rotatable bonds is 9. The zero-order valence-corrected chi connectivity index (χ0v) is 22.5. The minimum atomic E-state index is -0.773.